The zero-order valence-corrected chi connectivity index (χ0v) is 14.6. The molecule has 1 aliphatic heterocycles. The molecular formula is C15H16F3N5O2S. The van der Waals surface area contributed by atoms with Gasteiger partial charge in [-0.1, -0.05) is 0 Å². The monoisotopic (exact) mass is 387 g/mol. The highest BCUT2D eigenvalue weighted by Crippen LogP contribution is 2.29. The molecule has 3 rings (SSSR count). The minimum absolute atomic E-state index is 0.134. The second-order valence-corrected chi connectivity index (χ2v) is 7.81. The Bertz CT molecular complexity index is 896. The number of alkyl halides is 3. The molecule has 11 heteroatoms. The van der Waals surface area contributed by atoms with E-state index in [0.29, 0.717) is 32.0 Å². The van der Waals surface area contributed by atoms with Crippen LogP contribution < -0.4 is 9.80 Å². The van der Waals surface area contributed by atoms with E-state index >= 15 is 0 Å². The number of hydrogen-bond donors (Lipinski definition) is 0. The summed E-state index contributed by atoms with van der Waals surface area (Å²) < 4.78 is 62.2. The number of hydrogen-bond acceptors (Lipinski definition) is 7. The minimum Gasteiger partial charge on any atom is -0.353 e. The predicted octanol–water partition coefficient (Wildman–Crippen LogP) is 1.62. The van der Waals surface area contributed by atoms with Gasteiger partial charge in [0, 0.05) is 44.7 Å². The molecule has 2 aromatic heterocycles. The lowest BCUT2D eigenvalue weighted by Gasteiger charge is -2.36. The Labute approximate surface area is 148 Å². The van der Waals surface area contributed by atoms with Crippen LogP contribution in [0.1, 0.15) is 5.69 Å². The Morgan fingerprint density at radius 2 is 1.69 bits per heavy atom. The Kier molecular flexibility index (Phi) is 4.74. The highest BCUT2D eigenvalue weighted by molar-refractivity contribution is 7.90. The van der Waals surface area contributed by atoms with Crippen LogP contribution in [0.25, 0.3) is 0 Å². The molecule has 0 aromatic carbocycles. The molecule has 0 atom stereocenters. The molecule has 0 radical (unpaired) electrons. The summed E-state index contributed by atoms with van der Waals surface area (Å²) in [4.78, 5) is 15.0. The Balaban J connectivity index is 1.77. The number of piperazine rings is 1. The van der Waals surface area contributed by atoms with Crippen LogP contribution >= 0.6 is 0 Å². The summed E-state index contributed by atoms with van der Waals surface area (Å²) >= 11 is 0. The molecule has 140 valence electrons. The molecule has 1 saturated heterocycles. The van der Waals surface area contributed by atoms with Gasteiger partial charge in [0.2, 0.25) is 0 Å². The van der Waals surface area contributed by atoms with Crippen LogP contribution in [0.3, 0.4) is 0 Å². The molecule has 3 heterocycles. The van der Waals surface area contributed by atoms with E-state index in [4.69, 9.17) is 0 Å². The van der Waals surface area contributed by atoms with Gasteiger partial charge in [0.05, 0.1) is 0 Å². The summed E-state index contributed by atoms with van der Waals surface area (Å²) in [6, 6.07) is 3.96. The largest absolute Gasteiger partial charge is 0.433 e. The van der Waals surface area contributed by atoms with Gasteiger partial charge >= 0.3 is 6.18 Å². The van der Waals surface area contributed by atoms with Crippen molar-refractivity contribution in [2.45, 2.75) is 11.1 Å². The first kappa shape index (κ1) is 18.4. The van der Waals surface area contributed by atoms with Gasteiger partial charge in [0.15, 0.2) is 9.84 Å². The van der Waals surface area contributed by atoms with Crippen molar-refractivity contribution >= 4 is 21.5 Å². The fourth-order valence-electron chi connectivity index (χ4n) is 2.73. The van der Waals surface area contributed by atoms with Crippen molar-refractivity contribution in [2.75, 3.05) is 42.2 Å². The molecule has 1 fully saturated rings. The average Bonchev–Trinajstić information content (AvgIpc) is 2.61. The van der Waals surface area contributed by atoms with E-state index in [-0.39, 0.29) is 10.7 Å². The molecule has 0 N–H and O–H groups in total. The Hall–Kier alpha value is -2.43. The van der Waals surface area contributed by atoms with E-state index in [1.165, 1.54) is 12.3 Å². The molecule has 26 heavy (non-hydrogen) atoms. The van der Waals surface area contributed by atoms with Gasteiger partial charge in [-0.25, -0.2) is 23.4 Å². The van der Waals surface area contributed by atoms with E-state index in [9.17, 15) is 21.6 Å². The SMILES string of the molecule is CS(=O)(=O)c1cccnc1N1CCN(c2cc(C(F)(F)F)ncn2)CC1. The van der Waals surface area contributed by atoms with Gasteiger partial charge in [-0.05, 0) is 12.1 Å². The zero-order chi connectivity index (χ0) is 18.9. The summed E-state index contributed by atoms with van der Waals surface area (Å²) in [7, 11) is -3.43. The topological polar surface area (TPSA) is 79.3 Å². The normalized spacial score (nSPS) is 16.0. The lowest BCUT2D eigenvalue weighted by Crippen LogP contribution is -2.47. The van der Waals surface area contributed by atoms with Gasteiger partial charge in [0.1, 0.15) is 28.6 Å². The number of nitrogens with zero attached hydrogens (tertiary/aromatic N) is 5. The average molecular weight is 387 g/mol. The first-order valence-corrected chi connectivity index (χ1v) is 9.59. The maximum atomic E-state index is 12.8. The minimum atomic E-state index is -4.53. The maximum absolute atomic E-state index is 12.8. The molecule has 1 aliphatic rings. The molecule has 0 spiro atoms. The van der Waals surface area contributed by atoms with E-state index in [0.717, 1.165) is 18.6 Å². The number of sulfone groups is 1. The molecule has 0 saturated carbocycles. The number of halogens is 3. The number of aromatic nitrogens is 3. The van der Waals surface area contributed by atoms with Crippen LogP contribution in [0, 0.1) is 0 Å². The molecule has 0 unspecified atom stereocenters. The lowest BCUT2D eigenvalue weighted by molar-refractivity contribution is -0.141. The fourth-order valence-corrected chi connectivity index (χ4v) is 3.57. The van der Waals surface area contributed by atoms with Crippen molar-refractivity contribution < 1.29 is 21.6 Å². The van der Waals surface area contributed by atoms with Gasteiger partial charge in [-0.3, -0.25) is 0 Å². The highest BCUT2D eigenvalue weighted by atomic mass is 32.2. The first-order chi connectivity index (χ1) is 12.2. The third kappa shape index (κ3) is 3.87. The first-order valence-electron chi connectivity index (χ1n) is 7.70. The van der Waals surface area contributed by atoms with Gasteiger partial charge in [0.25, 0.3) is 0 Å². The smallest absolute Gasteiger partial charge is 0.353 e. The zero-order valence-electron chi connectivity index (χ0n) is 13.8. The Morgan fingerprint density at radius 3 is 2.31 bits per heavy atom. The van der Waals surface area contributed by atoms with Gasteiger partial charge in [-0.15, -0.1) is 0 Å². The van der Waals surface area contributed by atoms with Crippen LogP contribution in [0.15, 0.2) is 35.6 Å². The molecule has 0 amide bonds. The Morgan fingerprint density at radius 1 is 1.04 bits per heavy atom. The third-order valence-corrected chi connectivity index (χ3v) is 5.11. The third-order valence-electron chi connectivity index (χ3n) is 4.00. The van der Waals surface area contributed by atoms with E-state index < -0.39 is 21.7 Å². The van der Waals surface area contributed by atoms with Crippen molar-refractivity contribution in [1.29, 1.82) is 0 Å². The standard InChI is InChI=1S/C15H16F3N5O2S/c1-26(24,25)11-3-2-4-19-14(11)23-7-5-22(6-8-23)13-9-12(15(16,17)18)20-10-21-13/h2-4,9-10H,5-8H2,1H3. The number of anilines is 2. The highest BCUT2D eigenvalue weighted by Gasteiger charge is 2.33. The lowest BCUT2D eigenvalue weighted by atomic mass is 10.3. The van der Waals surface area contributed by atoms with Crippen LogP contribution in [0.4, 0.5) is 24.8 Å². The summed E-state index contributed by atoms with van der Waals surface area (Å²) in [6.45, 7) is 1.58. The van der Waals surface area contributed by atoms with Crippen LogP contribution in [-0.2, 0) is 16.0 Å². The van der Waals surface area contributed by atoms with Gasteiger partial charge < -0.3 is 9.80 Å². The molecule has 7 nitrogen and oxygen atoms in total. The van der Waals surface area contributed by atoms with Crippen molar-refractivity contribution in [1.82, 2.24) is 15.0 Å². The molecule has 0 aliphatic carbocycles. The molecular weight excluding hydrogens is 371 g/mol. The molecule has 2 aromatic rings. The van der Waals surface area contributed by atoms with Crippen molar-refractivity contribution in [3.63, 3.8) is 0 Å². The second kappa shape index (κ2) is 6.71. The summed E-state index contributed by atoms with van der Waals surface area (Å²) in [5, 5.41) is 0. The number of pyridine rings is 1. The second-order valence-electron chi connectivity index (χ2n) is 5.83. The van der Waals surface area contributed by atoms with Crippen molar-refractivity contribution in [3.8, 4) is 0 Å². The predicted molar refractivity (Wildman–Crippen MR) is 88.8 cm³/mol. The van der Waals surface area contributed by atoms with E-state index in [1.54, 1.807) is 15.9 Å². The van der Waals surface area contributed by atoms with Gasteiger partial charge in [-0.2, -0.15) is 13.2 Å². The maximum Gasteiger partial charge on any atom is 0.433 e. The van der Waals surface area contributed by atoms with Crippen molar-refractivity contribution in [3.05, 3.63) is 36.4 Å². The van der Waals surface area contributed by atoms with Crippen molar-refractivity contribution in [2.24, 2.45) is 0 Å². The summed E-state index contributed by atoms with van der Waals surface area (Å²) in [5.41, 5.74) is -0.992. The van der Waals surface area contributed by atoms with E-state index in [2.05, 4.69) is 15.0 Å². The summed E-state index contributed by atoms with van der Waals surface area (Å²) in [6.07, 6.45) is -1.01. The van der Waals surface area contributed by atoms with Crippen LogP contribution in [0.5, 0.6) is 0 Å². The van der Waals surface area contributed by atoms with E-state index in [1.807, 2.05) is 0 Å². The molecule has 0 bridgehead atoms. The van der Waals surface area contributed by atoms with Crippen LogP contribution in [0.2, 0.25) is 0 Å². The number of rotatable bonds is 3. The van der Waals surface area contributed by atoms with Crippen LogP contribution in [-0.4, -0.2) is 55.8 Å². The summed E-state index contributed by atoms with van der Waals surface area (Å²) in [5.74, 6) is 0.546. The quantitative estimate of drug-likeness (QED) is 0.792. The fraction of sp³-hybridized carbons (Fsp3) is 0.400.